The molecular weight excluding hydrogens is 166 g/mol. The van der Waals surface area contributed by atoms with Gasteiger partial charge in [0.25, 0.3) is 0 Å². The van der Waals surface area contributed by atoms with Crippen LogP contribution in [-0.4, -0.2) is 30.0 Å². The van der Waals surface area contributed by atoms with Gasteiger partial charge in [-0.05, 0) is 19.8 Å². The van der Waals surface area contributed by atoms with Gasteiger partial charge in [-0.25, -0.2) is 0 Å². The molecule has 3 unspecified atom stereocenters. The maximum Gasteiger partial charge on any atom is 0.0745 e. The van der Waals surface area contributed by atoms with Crippen LogP contribution in [0.2, 0.25) is 0 Å². The van der Waals surface area contributed by atoms with Gasteiger partial charge in [0, 0.05) is 6.04 Å². The van der Waals surface area contributed by atoms with Crippen molar-refractivity contribution in [3.8, 4) is 0 Å². The first-order chi connectivity index (χ1) is 6.20. The van der Waals surface area contributed by atoms with Gasteiger partial charge in [0.1, 0.15) is 0 Å². The number of hydrogen-bond acceptors (Lipinski definition) is 3. The highest BCUT2D eigenvalue weighted by molar-refractivity contribution is 4.77. The molecule has 3 atom stereocenters. The first kappa shape index (κ1) is 11.0. The van der Waals surface area contributed by atoms with Gasteiger partial charge in [0.15, 0.2) is 0 Å². The SMILES string of the molecule is CC(O)COC1CCCCCC1N. The monoisotopic (exact) mass is 187 g/mol. The summed E-state index contributed by atoms with van der Waals surface area (Å²) in [5, 5.41) is 9.07. The van der Waals surface area contributed by atoms with E-state index in [0.717, 1.165) is 12.8 Å². The van der Waals surface area contributed by atoms with Crippen LogP contribution in [0.25, 0.3) is 0 Å². The minimum atomic E-state index is -0.379. The molecule has 0 heterocycles. The van der Waals surface area contributed by atoms with Crippen molar-refractivity contribution >= 4 is 0 Å². The fraction of sp³-hybridized carbons (Fsp3) is 1.00. The van der Waals surface area contributed by atoms with Crippen molar-refractivity contribution in [3.63, 3.8) is 0 Å². The van der Waals surface area contributed by atoms with E-state index in [9.17, 15) is 0 Å². The van der Waals surface area contributed by atoms with E-state index in [4.69, 9.17) is 15.6 Å². The van der Waals surface area contributed by atoms with Crippen molar-refractivity contribution < 1.29 is 9.84 Å². The molecule has 0 aromatic carbocycles. The van der Waals surface area contributed by atoms with Crippen molar-refractivity contribution in [1.29, 1.82) is 0 Å². The summed E-state index contributed by atoms with van der Waals surface area (Å²) in [5.41, 5.74) is 5.96. The van der Waals surface area contributed by atoms with E-state index < -0.39 is 0 Å². The summed E-state index contributed by atoms with van der Waals surface area (Å²) in [6, 6.07) is 0.168. The Morgan fingerprint density at radius 1 is 1.38 bits per heavy atom. The Kier molecular flexibility index (Phi) is 4.70. The lowest BCUT2D eigenvalue weighted by Gasteiger charge is -2.22. The normalized spacial score (nSPS) is 32.5. The highest BCUT2D eigenvalue weighted by Gasteiger charge is 2.20. The molecular formula is C10H21NO2. The maximum absolute atomic E-state index is 9.07. The third-order valence-corrected chi connectivity index (χ3v) is 2.56. The Bertz CT molecular complexity index is 139. The van der Waals surface area contributed by atoms with Gasteiger partial charge in [-0.1, -0.05) is 19.3 Å². The Hall–Kier alpha value is -0.120. The van der Waals surface area contributed by atoms with Crippen LogP contribution in [0.1, 0.15) is 39.0 Å². The molecule has 0 spiro atoms. The number of aliphatic hydroxyl groups is 1. The zero-order chi connectivity index (χ0) is 9.68. The molecule has 1 saturated carbocycles. The van der Waals surface area contributed by atoms with Gasteiger partial charge in [-0.15, -0.1) is 0 Å². The van der Waals surface area contributed by atoms with E-state index in [1.165, 1.54) is 19.3 Å². The molecule has 1 fully saturated rings. The molecule has 3 N–H and O–H groups in total. The van der Waals surface area contributed by atoms with Crippen molar-refractivity contribution in [2.45, 2.75) is 57.3 Å². The van der Waals surface area contributed by atoms with Crippen LogP contribution in [0.3, 0.4) is 0 Å². The summed E-state index contributed by atoms with van der Waals surface area (Å²) < 4.78 is 5.56. The molecule has 0 bridgehead atoms. The maximum atomic E-state index is 9.07. The van der Waals surface area contributed by atoms with E-state index in [-0.39, 0.29) is 18.2 Å². The van der Waals surface area contributed by atoms with Crippen LogP contribution in [0.4, 0.5) is 0 Å². The Morgan fingerprint density at radius 2 is 2.08 bits per heavy atom. The zero-order valence-electron chi connectivity index (χ0n) is 8.41. The van der Waals surface area contributed by atoms with Crippen LogP contribution in [-0.2, 0) is 4.74 Å². The van der Waals surface area contributed by atoms with Crippen LogP contribution in [0.5, 0.6) is 0 Å². The van der Waals surface area contributed by atoms with Crippen molar-refractivity contribution in [1.82, 2.24) is 0 Å². The van der Waals surface area contributed by atoms with Gasteiger partial charge in [0.2, 0.25) is 0 Å². The molecule has 3 heteroatoms. The van der Waals surface area contributed by atoms with Gasteiger partial charge in [-0.3, -0.25) is 0 Å². The van der Waals surface area contributed by atoms with Gasteiger partial charge in [0.05, 0.1) is 18.8 Å². The predicted octanol–water partition coefficient (Wildman–Crippen LogP) is 1.04. The van der Waals surface area contributed by atoms with E-state index in [1.807, 2.05) is 0 Å². The topological polar surface area (TPSA) is 55.5 Å². The molecule has 1 rings (SSSR count). The summed E-state index contributed by atoms with van der Waals surface area (Å²) in [6.07, 6.45) is 5.58. The average Bonchev–Trinajstić information content (AvgIpc) is 2.27. The van der Waals surface area contributed by atoms with Crippen LogP contribution < -0.4 is 5.73 Å². The summed E-state index contributed by atoms with van der Waals surface area (Å²) in [7, 11) is 0. The minimum Gasteiger partial charge on any atom is -0.391 e. The lowest BCUT2D eigenvalue weighted by molar-refractivity contribution is -0.0163. The van der Waals surface area contributed by atoms with E-state index >= 15 is 0 Å². The fourth-order valence-corrected chi connectivity index (χ4v) is 1.77. The zero-order valence-corrected chi connectivity index (χ0v) is 8.41. The summed E-state index contributed by atoms with van der Waals surface area (Å²) in [4.78, 5) is 0. The molecule has 0 aromatic heterocycles. The lowest BCUT2D eigenvalue weighted by atomic mass is 10.1. The number of rotatable bonds is 3. The second-order valence-electron chi connectivity index (χ2n) is 4.02. The fourth-order valence-electron chi connectivity index (χ4n) is 1.77. The van der Waals surface area contributed by atoms with Gasteiger partial charge < -0.3 is 15.6 Å². The quantitative estimate of drug-likeness (QED) is 0.649. The van der Waals surface area contributed by atoms with Crippen molar-refractivity contribution in [2.75, 3.05) is 6.61 Å². The number of aliphatic hydroxyl groups excluding tert-OH is 1. The predicted molar refractivity (Wildman–Crippen MR) is 52.5 cm³/mol. The molecule has 0 saturated heterocycles. The first-order valence-corrected chi connectivity index (χ1v) is 5.25. The van der Waals surface area contributed by atoms with Crippen LogP contribution in [0.15, 0.2) is 0 Å². The Balaban J connectivity index is 2.27. The molecule has 1 aliphatic carbocycles. The molecule has 0 radical (unpaired) electrons. The molecule has 3 nitrogen and oxygen atoms in total. The molecule has 0 aliphatic heterocycles. The summed E-state index contributed by atoms with van der Waals surface area (Å²) in [5.74, 6) is 0. The first-order valence-electron chi connectivity index (χ1n) is 5.25. The minimum absolute atomic E-state index is 0.164. The average molecular weight is 187 g/mol. The molecule has 1 aliphatic rings. The third-order valence-electron chi connectivity index (χ3n) is 2.56. The van der Waals surface area contributed by atoms with Crippen LogP contribution >= 0.6 is 0 Å². The van der Waals surface area contributed by atoms with E-state index in [2.05, 4.69) is 0 Å². The Labute approximate surface area is 80.3 Å². The highest BCUT2D eigenvalue weighted by Crippen LogP contribution is 2.19. The van der Waals surface area contributed by atoms with Crippen LogP contribution in [0, 0.1) is 0 Å². The summed E-state index contributed by atoms with van der Waals surface area (Å²) in [6.45, 7) is 2.15. The number of hydrogen-bond donors (Lipinski definition) is 2. The highest BCUT2D eigenvalue weighted by atomic mass is 16.5. The lowest BCUT2D eigenvalue weighted by Crippen LogP contribution is -2.37. The molecule has 13 heavy (non-hydrogen) atoms. The third kappa shape index (κ3) is 4.07. The van der Waals surface area contributed by atoms with Gasteiger partial charge in [-0.2, -0.15) is 0 Å². The Morgan fingerprint density at radius 3 is 2.77 bits per heavy atom. The summed E-state index contributed by atoms with van der Waals surface area (Å²) >= 11 is 0. The van der Waals surface area contributed by atoms with Crippen molar-refractivity contribution in [3.05, 3.63) is 0 Å². The number of ether oxygens (including phenoxy) is 1. The molecule has 78 valence electrons. The largest absolute Gasteiger partial charge is 0.391 e. The van der Waals surface area contributed by atoms with E-state index in [1.54, 1.807) is 6.92 Å². The molecule has 0 aromatic rings. The number of nitrogens with two attached hydrogens (primary N) is 1. The second kappa shape index (κ2) is 5.58. The standard InChI is InChI=1S/C10H21NO2/c1-8(12)7-13-10-6-4-2-3-5-9(10)11/h8-10,12H,2-7,11H2,1H3. The second-order valence-corrected chi connectivity index (χ2v) is 4.02. The molecule has 0 amide bonds. The van der Waals surface area contributed by atoms with Gasteiger partial charge >= 0.3 is 0 Å². The van der Waals surface area contributed by atoms with E-state index in [0.29, 0.717) is 6.61 Å². The van der Waals surface area contributed by atoms with Crippen molar-refractivity contribution in [2.24, 2.45) is 5.73 Å². The smallest absolute Gasteiger partial charge is 0.0745 e.